The van der Waals surface area contributed by atoms with E-state index in [4.69, 9.17) is 0 Å². The van der Waals surface area contributed by atoms with E-state index in [2.05, 4.69) is 34.1 Å². The van der Waals surface area contributed by atoms with E-state index in [1.165, 1.54) is 11.4 Å². The lowest BCUT2D eigenvalue weighted by Crippen LogP contribution is -2.52. The number of para-hydroxylation sites is 2. The van der Waals surface area contributed by atoms with E-state index in [-0.39, 0.29) is 18.2 Å². The summed E-state index contributed by atoms with van der Waals surface area (Å²) in [5.41, 5.74) is 2.37. The number of carbonyl (C=O) groups excluding carboxylic acids is 2. The average molecular weight is 393 g/mol. The first-order valence-electron chi connectivity index (χ1n) is 10.4. The smallest absolute Gasteiger partial charge is 0.232 e. The lowest BCUT2D eigenvalue weighted by molar-refractivity contribution is -0.141. The molecule has 152 valence electrons. The third kappa shape index (κ3) is 4.70. The normalized spacial score (nSPS) is 17.4. The van der Waals surface area contributed by atoms with Crippen molar-refractivity contribution in [3.8, 4) is 0 Å². The Morgan fingerprint density at radius 3 is 1.24 bits per heavy atom. The molecule has 0 aromatic heterocycles. The van der Waals surface area contributed by atoms with Crippen LogP contribution >= 0.6 is 0 Å². The Balaban J connectivity index is 1.23. The summed E-state index contributed by atoms with van der Waals surface area (Å²) in [4.78, 5) is 33.5. The summed E-state index contributed by atoms with van der Waals surface area (Å²) < 4.78 is 0. The minimum absolute atomic E-state index is 0.0172. The van der Waals surface area contributed by atoms with Crippen LogP contribution in [0.5, 0.6) is 0 Å². The standard InChI is InChI=1S/C23H28N4O2/c28-22(26-15-11-24(12-16-26)20-7-3-1-4-8-20)19-23(29)27-17-13-25(14-18-27)21-9-5-2-6-10-21/h1-10H,11-19H2. The quantitative estimate of drug-likeness (QED) is 0.748. The molecule has 0 aliphatic carbocycles. The number of rotatable bonds is 4. The number of piperazine rings is 2. The maximum absolute atomic E-state index is 12.6. The first-order chi connectivity index (χ1) is 14.2. The predicted molar refractivity (Wildman–Crippen MR) is 115 cm³/mol. The molecule has 2 saturated heterocycles. The van der Waals surface area contributed by atoms with Gasteiger partial charge in [-0.3, -0.25) is 9.59 Å². The highest BCUT2D eigenvalue weighted by Gasteiger charge is 2.27. The SMILES string of the molecule is O=C(CC(=O)N1CCN(c2ccccc2)CC1)N1CCN(c2ccccc2)CC1. The molecule has 0 unspecified atom stereocenters. The molecule has 0 spiro atoms. The minimum atomic E-state index is -0.0480. The summed E-state index contributed by atoms with van der Waals surface area (Å²) in [5, 5.41) is 0. The third-order valence-electron chi connectivity index (χ3n) is 5.81. The Kier molecular flexibility index (Phi) is 5.98. The Bertz CT molecular complexity index is 742. The zero-order valence-corrected chi connectivity index (χ0v) is 16.7. The molecule has 4 rings (SSSR count). The first-order valence-corrected chi connectivity index (χ1v) is 10.4. The van der Waals surface area contributed by atoms with E-state index in [9.17, 15) is 9.59 Å². The third-order valence-corrected chi connectivity index (χ3v) is 5.81. The van der Waals surface area contributed by atoms with Crippen LogP contribution in [0.2, 0.25) is 0 Å². The zero-order chi connectivity index (χ0) is 20.1. The summed E-state index contributed by atoms with van der Waals surface area (Å²) >= 11 is 0. The van der Waals surface area contributed by atoms with Gasteiger partial charge in [-0.15, -0.1) is 0 Å². The second-order valence-corrected chi connectivity index (χ2v) is 7.58. The van der Waals surface area contributed by atoms with Crippen LogP contribution in [-0.2, 0) is 9.59 Å². The number of benzene rings is 2. The minimum Gasteiger partial charge on any atom is -0.368 e. The van der Waals surface area contributed by atoms with Gasteiger partial charge in [0.1, 0.15) is 6.42 Å². The van der Waals surface area contributed by atoms with Crippen molar-refractivity contribution >= 4 is 23.2 Å². The van der Waals surface area contributed by atoms with Crippen molar-refractivity contribution < 1.29 is 9.59 Å². The Hall–Kier alpha value is -3.02. The highest BCUT2D eigenvalue weighted by atomic mass is 16.2. The van der Waals surface area contributed by atoms with Crippen LogP contribution in [0.25, 0.3) is 0 Å². The summed E-state index contributed by atoms with van der Waals surface area (Å²) in [6, 6.07) is 20.5. The fourth-order valence-corrected chi connectivity index (χ4v) is 4.06. The van der Waals surface area contributed by atoms with E-state index in [0.717, 1.165) is 26.2 Å². The lowest BCUT2D eigenvalue weighted by Gasteiger charge is -2.38. The van der Waals surface area contributed by atoms with Gasteiger partial charge in [0.2, 0.25) is 11.8 Å². The Morgan fingerprint density at radius 1 is 0.552 bits per heavy atom. The van der Waals surface area contributed by atoms with Gasteiger partial charge in [-0.1, -0.05) is 36.4 Å². The molecular weight excluding hydrogens is 364 g/mol. The molecule has 2 aromatic rings. The van der Waals surface area contributed by atoms with Crippen molar-refractivity contribution in [1.29, 1.82) is 0 Å². The maximum Gasteiger partial charge on any atom is 0.232 e. The molecule has 2 heterocycles. The Morgan fingerprint density at radius 2 is 0.897 bits per heavy atom. The van der Waals surface area contributed by atoms with Crippen molar-refractivity contribution in [3.63, 3.8) is 0 Å². The van der Waals surface area contributed by atoms with Crippen molar-refractivity contribution in [2.45, 2.75) is 6.42 Å². The summed E-state index contributed by atoms with van der Waals surface area (Å²) in [7, 11) is 0. The molecule has 0 N–H and O–H groups in total. The predicted octanol–water partition coefficient (Wildman–Crippen LogP) is 2.07. The van der Waals surface area contributed by atoms with Gasteiger partial charge in [0, 0.05) is 63.7 Å². The summed E-state index contributed by atoms with van der Waals surface area (Å²) in [5.74, 6) is -0.0959. The molecule has 2 aliphatic rings. The average Bonchev–Trinajstić information content (AvgIpc) is 2.80. The molecule has 6 nitrogen and oxygen atoms in total. The van der Waals surface area contributed by atoms with E-state index in [1.54, 1.807) is 0 Å². The van der Waals surface area contributed by atoms with Crippen LogP contribution < -0.4 is 9.80 Å². The molecule has 2 amide bonds. The highest BCUT2D eigenvalue weighted by molar-refractivity contribution is 5.97. The number of hydrogen-bond acceptors (Lipinski definition) is 4. The van der Waals surface area contributed by atoms with Crippen LogP contribution in [0.1, 0.15) is 6.42 Å². The second kappa shape index (κ2) is 8.99. The van der Waals surface area contributed by atoms with Gasteiger partial charge in [-0.2, -0.15) is 0 Å². The number of carbonyl (C=O) groups is 2. The van der Waals surface area contributed by atoms with Crippen molar-refractivity contribution in [1.82, 2.24) is 9.80 Å². The molecule has 2 aromatic carbocycles. The number of hydrogen-bond donors (Lipinski definition) is 0. The Labute approximate surface area is 172 Å². The largest absolute Gasteiger partial charge is 0.368 e. The number of nitrogens with zero attached hydrogens (tertiary/aromatic N) is 4. The van der Waals surface area contributed by atoms with E-state index in [1.807, 2.05) is 46.2 Å². The number of amides is 2. The van der Waals surface area contributed by atoms with Crippen LogP contribution in [0.15, 0.2) is 60.7 Å². The highest BCUT2D eigenvalue weighted by Crippen LogP contribution is 2.18. The van der Waals surface area contributed by atoms with Crippen LogP contribution in [0.3, 0.4) is 0 Å². The van der Waals surface area contributed by atoms with Gasteiger partial charge in [-0.25, -0.2) is 0 Å². The van der Waals surface area contributed by atoms with Gasteiger partial charge < -0.3 is 19.6 Å². The summed E-state index contributed by atoms with van der Waals surface area (Å²) in [6.45, 7) is 5.90. The van der Waals surface area contributed by atoms with Gasteiger partial charge in [-0.05, 0) is 24.3 Å². The van der Waals surface area contributed by atoms with Gasteiger partial charge in [0.05, 0.1) is 0 Å². The van der Waals surface area contributed by atoms with Crippen molar-refractivity contribution in [3.05, 3.63) is 60.7 Å². The molecule has 2 fully saturated rings. The maximum atomic E-state index is 12.6. The molecule has 0 radical (unpaired) electrons. The molecule has 0 atom stereocenters. The molecule has 6 heteroatoms. The second-order valence-electron chi connectivity index (χ2n) is 7.58. The van der Waals surface area contributed by atoms with Crippen molar-refractivity contribution in [2.75, 3.05) is 62.2 Å². The van der Waals surface area contributed by atoms with E-state index in [0.29, 0.717) is 26.2 Å². The van der Waals surface area contributed by atoms with Crippen LogP contribution in [-0.4, -0.2) is 74.0 Å². The fraction of sp³-hybridized carbons (Fsp3) is 0.391. The fourth-order valence-electron chi connectivity index (χ4n) is 4.06. The molecule has 0 bridgehead atoms. The topological polar surface area (TPSA) is 47.1 Å². The van der Waals surface area contributed by atoms with Gasteiger partial charge in [0.25, 0.3) is 0 Å². The molecule has 29 heavy (non-hydrogen) atoms. The monoisotopic (exact) mass is 392 g/mol. The van der Waals surface area contributed by atoms with E-state index >= 15 is 0 Å². The van der Waals surface area contributed by atoms with Crippen LogP contribution in [0.4, 0.5) is 11.4 Å². The first kappa shape index (κ1) is 19.3. The zero-order valence-electron chi connectivity index (χ0n) is 16.7. The molecule has 0 saturated carbocycles. The lowest BCUT2D eigenvalue weighted by atomic mass is 10.2. The van der Waals surface area contributed by atoms with Crippen molar-refractivity contribution in [2.24, 2.45) is 0 Å². The summed E-state index contributed by atoms with van der Waals surface area (Å²) in [6.07, 6.45) is -0.0172. The number of anilines is 2. The van der Waals surface area contributed by atoms with Gasteiger partial charge in [0.15, 0.2) is 0 Å². The molecular formula is C23H28N4O2. The van der Waals surface area contributed by atoms with E-state index < -0.39 is 0 Å². The van der Waals surface area contributed by atoms with Crippen LogP contribution in [0, 0.1) is 0 Å². The molecule has 2 aliphatic heterocycles. The van der Waals surface area contributed by atoms with Gasteiger partial charge >= 0.3 is 0 Å².